The molecule has 120 valence electrons. The molecule has 3 atom stereocenters. The molecule has 1 fully saturated rings. The smallest absolute Gasteiger partial charge is 0.160 e. The molecule has 2 rings (SSSR count). The summed E-state index contributed by atoms with van der Waals surface area (Å²) in [4.78, 5) is 0. The summed E-state index contributed by atoms with van der Waals surface area (Å²) in [6.45, 7) is 10.0. The molecule has 1 saturated carbocycles. The first-order valence-electron chi connectivity index (χ1n) is 8.16. The van der Waals surface area contributed by atoms with E-state index < -0.39 is 0 Å². The van der Waals surface area contributed by atoms with Crippen molar-refractivity contribution in [3.63, 3.8) is 0 Å². The zero-order chi connectivity index (χ0) is 15.6. The Labute approximate surface area is 134 Å². The van der Waals surface area contributed by atoms with Crippen molar-refractivity contribution in [2.24, 2.45) is 11.8 Å². The lowest BCUT2D eigenvalue weighted by molar-refractivity contribution is 0.194. The van der Waals surface area contributed by atoms with Crippen LogP contribution >= 0.6 is 11.6 Å². The van der Waals surface area contributed by atoms with Gasteiger partial charge in [-0.25, -0.2) is 0 Å². The monoisotopic (exact) mass is 312 g/mol. The molecule has 0 radical (unpaired) electrons. The fourth-order valence-corrected chi connectivity index (χ4v) is 4.59. The topological polar surface area (TPSA) is 27.1 Å². The van der Waals surface area contributed by atoms with Gasteiger partial charge in [-0.15, -0.1) is 11.6 Å². The number of aromatic nitrogens is 2. The number of rotatable bonds is 5. The molecular weight excluding hydrogens is 284 g/mol. The van der Waals surface area contributed by atoms with Gasteiger partial charge in [0.2, 0.25) is 0 Å². The molecule has 0 bridgehead atoms. The van der Waals surface area contributed by atoms with Crippen molar-refractivity contribution in [3.05, 3.63) is 11.9 Å². The summed E-state index contributed by atoms with van der Waals surface area (Å²) in [6, 6.07) is 0. The van der Waals surface area contributed by atoms with Crippen LogP contribution in [0.15, 0.2) is 6.20 Å². The number of hydrogen-bond acceptors (Lipinski definition) is 2. The van der Waals surface area contributed by atoms with Crippen molar-refractivity contribution in [1.82, 2.24) is 9.78 Å². The minimum Gasteiger partial charge on any atom is -0.493 e. The third kappa shape index (κ3) is 3.23. The van der Waals surface area contributed by atoms with Gasteiger partial charge in [0, 0.05) is 17.3 Å². The minimum absolute atomic E-state index is 0.0242. The quantitative estimate of drug-likeness (QED) is 0.742. The predicted octanol–water partition coefficient (Wildman–Crippen LogP) is 4.62. The molecule has 1 heterocycles. The molecule has 3 unspecified atom stereocenters. The van der Waals surface area contributed by atoms with E-state index in [4.69, 9.17) is 16.3 Å². The fraction of sp³-hybridized carbons (Fsp3) is 0.824. The van der Waals surface area contributed by atoms with E-state index in [1.54, 1.807) is 7.11 Å². The van der Waals surface area contributed by atoms with Crippen molar-refractivity contribution < 1.29 is 4.74 Å². The summed E-state index contributed by atoms with van der Waals surface area (Å²) in [5.41, 5.74) is 1.18. The number of halogens is 1. The highest BCUT2D eigenvalue weighted by molar-refractivity contribution is 6.20. The maximum atomic E-state index is 6.73. The van der Waals surface area contributed by atoms with Crippen molar-refractivity contribution in [2.75, 3.05) is 7.11 Å². The lowest BCUT2D eigenvalue weighted by Crippen LogP contribution is -2.40. The molecule has 0 spiro atoms. The number of nitrogens with zero attached hydrogens (tertiary/aromatic N) is 2. The van der Waals surface area contributed by atoms with Crippen LogP contribution in [0.1, 0.15) is 59.1 Å². The Balaban J connectivity index is 2.36. The summed E-state index contributed by atoms with van der Waals surface area (Å²) >= 11 is 6.73. The highest BCUT2D eigenvalue weighted by Crippen LogP contribution is 2.46. The lowest BCUT2D eigenvalue weighted by atomic mass is 9.67. The van der Waals surface area contributed by atoms with Crippen LogP contribution in [0, 0.1) is 11.8 Å². The first kappa shape index (κ1) is 16.7. The fourth-order valence-electron chi connectivity index (χ4n) is 3.85. The Hall–Kier alpha value is -0.700. The summed E-state index contributed by atoms with van der Waals surface area (Å²) in [6.07, 6.45) is 6.48. The van der Waals surface area contributed by atoms with Gasteiger partial charge in [-0.1, -0.05) is 34.1 Å². The zero-order valence-electron chi connectivity index (χ0n) is 14.0. The Morgan fingerprint density at radius 1 is 1.43 bits per heavy atom. The van der Waals surface area contributed by atoms with Gasteiger partial charge in [0.25, 0.3) is 0 Å². The van der Waals surface area contributed by atoms with Crippen LogP contribution in [-0.2, 0) is 12.0 Å². The molecule has 1 aliphatic carbocycles. The maximum Gasteiger partial charge on any atom is 0.160 e. The van der Waals surface area contributed by atoms with Crippen molar-refractivity contribution in [2.45, 2.75) is 70.7 Å². The summed E-state index contributed by atoms with van der Waals surface area (Å²) in [5.74, 6) is 2.11. The van der Waals surface area contributed by atoms with Gasteiger partial charge in [0.05, 0.1) is 19.0 Å². The average Bonchev–Trinajstić information content (AvgIpc) is 2.82. The van der Waals surface area contributed by atoms with E-state index in [9.17, 15) is 0 Å². The van der Waals surface area contributed by atoms with Crippen LogP contribution < -0.4 is 4.74 Å². The van der Waals surface area contributed by atoms with Gasteiger partial charge in [0.1, 0.15) is 0 Å². The normalized spacial score (nSPS) is 26.9. The molecule has 4 heteroatoms. The lowest BCUT2D eigenvalue weighted by Gasteiger charge is -2.42. The standard InChI is InChI=1S/C17H29ClN2O/c1-6-9-20-16(15(21-5)11-19-20)17(3,4)13-8-7-12(2)10-14(13)18/h11-14H,6-10H2,1-5H3. The van der Waals surface area contributed by atoms with Crippen LogP contribution in [0.5, 0.6) is 5.75 Å². The molecule has 0 amide bonds. The summed E-state index contributed by atoms with van der Waals surface area (Å²) < 4.78 is 7.69. The van der Waals surface area contributed by atoms with Gasteiger partial charge in [-0.3, -0.25) is 4.68 Å². The van der Waals surface area contributed by atoms with E-state index in [-0.39, 0.29) is 10.8 Å². The second kappa shape index (κ2) is 6.60. The van der Waals surface area contributed by atoms with Crippen LogP contribution in [0.4, 0.5) is 0 Å². The third-order valence-corrected chi connectivity index (χ3v) is 5.52. The largest absolute Gasteiger partial charge is 0.493 e. The first-order valence-corrected chi connectivity index (χ1v) is 8.59. The number of aryl methyl sites for hydroxylation is 1. The van der Waals surface area contributed by atoms with Crippen LogP contribution in [0.3, 0.4) is 0 Å². The van der Waals surface area contributed by atoms with E-state index in [2.05, 4.69) is 37.5 Å². The van der Waals surface area contributed by atoms with Crippen molar-refractivity contribution in [3.8, 4) is 5.75 Å². The summed E-state index contributed by atoms with van der Waals surface area (Å²) in [5, 5.41) is 4.76. The van der Waals surface area contributed by atoms with E-state index in [0.29, 0.717) is 5.92 Å². The third-order valence-electron chi connectivity index (χ3n) is 5.03. The highest BCUT2D eigenvalue weighted by atomic mass is 35.5. The maximum absolute atomic E-state index is 6.73. The second-order valence-electron chi connectivity index (χ2n) is 7.05. The molecule has 0 aliphatic heterocycles. The number of ether oxygens (including phenoxy) is 1. The van der Waals surface area contributed by atoms with E-state index >= 15 is 0 Å². The van der Waals surface area contributed by atoms with Crippen molar-refractivity contribution >= 4 is 11.6 Å². The predicted molar refractivity (Wildman–Crippen MR) is 88.2 cm³/mol. The Kier molecular flexibility index (Phi) is 5.24. The van der Waals surface area contributed by atoms with Crippen molar-refractivity contribution in [1.29, 1.82) is 0 Å². The van der Waals surface area contributed by atoms with Crippen LogP contribution in [0.25, 0.3) is 0 Å². The number of hydrogen-bond donors (Lipinski definition) is 0. The van der Waals surface area contributed by atoms with E-state index in [1.165, 1.54) is 18.5 Å². The zero-order valence-corrected chi connectivity index (χ0v) is 14.8. The highest BCUT2D eigenvalue weighted by Gasteiger charge is 2.42. The van der Waals surface area contributed by atoms with Gasteiger partial charge < -0.3 is 4.74 Å². The second-order valence-corrected chi connectivity index (χ2v) is 7.61. The molecule has 21 heavy (non-hydrogen) atoms. The minimum atomic E-state index is -0.0242. The Morgan fingerprint density at radius 2 is 2.14 bits per heavy atom. The number of alkyl halides is 1. The molecule has 1 aromatic heterocycles. The van der Waals surface area contributed by atoms with Gasteiger partial charge in [-0.05, 0) is 31.1 Å². The Bertz CT molecular complexity index is 469. The average molecular weight is 313 g/mol. The number of methoxy groups -OCH3 is 1. The van der Waals surface area contributed by atoms with Gasteiger partial charge in [0.15, 0.2) is 5.75 Å². The van der Waals surface area contributed by atoms with Gasteiger partial charge in [-0.2, -0.15) is 5.10 Å². The SMILES string of the molecule is CCCn1ncc(OC)c1C(C)(C)C1CCC(C)CC1Cl. The molecule has 1 aliphatic rings. The molecule has 0 N–H and O–H groups in total. The first-order chi connectivity index (χ1) is 9.91. The molecule has 0 aromatic carbocycles. The van der Waals surface area contributed by atoms with Crippen LogP contribution in [0.2, 0.25) is 0 Å². The van der Waals surface area contributed by atoms with Crippen LogP contribution in [-0.4, -0.2) is 22.3 Å². The molecule has 3 nitrogen and oxygen atoms in total. The Morgan fingerprint density at radius 3 is 2.71 bits per heavy atom. The molecular formula is C17H29ClN2O. The van der Waals surface area contributed by atoms with Gasteiger partial charge >= 0.3 is 0 Å². The summed E-state index contributed by atoms with van der Waals surface area (Å²) in [7, 11) is 1.73. The van der Waals surface area contributed by atoms with E-state index in [0.717, 1.165) is 31.1 Å². The molecule has 1 aromatic rings. The molecule has 0 saturated heterocycles. The van der Waals surface area contributed by atoms with E-state index in [1.807, 2.05) is 6.20 Å².